The standard InChI is InChI=1S/C85H142O16P2/c1-4-7-10-13-16-19-22-25-28-31-34-36-37-38-39-40-41-43-46-47-50-53-56-59-62-65-68-71-83(88)95-74-80(86)75-97-102(91,92)98-76-81(87)77-99-103(93,94)100-79-82(101-85(90)73-70-67-64-61-58-55-52-49-44-33-30-27-24-21-18-15-12-9-6-3)78-96-84(89)72-69-66-63-60-57-54-51-48-45-42-35-32-29-26-23-20-17-14-11-8-5-2/h8,11,16-21,25-30,34-36,38-39,42,44,48-49,51,57,60,80-82,86-87H,4-7,9-10,12-15,22-24,31-33,37,40-41,43,45-47,50,52-56,58-59,61-79H2,1-3H3,(H,91,92)(H,93,94)/b11-8-,19-16-,20-17-,21-18-,28-25-,29-26-,30-27-,36-34-,39-38-,42-35-,49-44-,51-48-,60-57-. The van der Waals surface area contributed by atoms with E-state index in [1.807, 2.05) is 0 Å². The monoisotopic (exact) mass is 1480 g/mol. The van der Waals surface area contributed by atoms with Crippen LogP contribution in [-0.2, 0) is 55.8 Å². The number of phosphoric acid groups is 2. The summed E-state index contributed by atoms with van der Waals surface area (Å²) >= 11 is 0. The molecule has 18 heteroatoms. The number of allylic oxidation sites excluding steroid dienone is 26. The number of carbonyl (C=O) groups excluding carboxylic acids is 3. The molecule has 588 valence electrons. The van der Waals surface area contributed by atoms with Crippen molar-refractivity contribution in [3.8, 4) is 0 Å². The van der Waals surface area contributed by atoms with Gasteiger partial charge in [-0.15, -0.1) is 0 Å². The van der Waals surface area contributed by atoms with Gasteiger partial charge in [-0.05, 0) is 154 Å². The van der Waals surface area contributed by atoms with Crippen molar-refractivity contribution < 1.29 is 75.8 Å². The van der Waals surface area contributed by atoms with Gasteiger partial charge in [-0.1, -0.05) is 288 Å². The van der Waals surface area contributed by atoms with Crippen molar-refractivity contribution in [3.63, 3.8) is 0 Å². The third kappa shape index (κ3) is 78.1. The molecule has 16 nitrogen and oxygen atoms in total. The van der Waals surface area contributed by atoms with Gasteiger partial charge >= 0.3 is 33.6 Å². The third-order valence-electron chi connectivity index (χ3n) is 16.2. The van der Waals surface area contributed by atoms with Crippen molar-refractivity contribution in [2.24, 2.45) is 0 Å². The average molecular weight is 1480 g/mol. The first kappa shape index (κ1) is 98.2. The summed E-state index contributed by atoms with van der Waals surface area (Å²) in [5.74, 6) is -1.65. The maximum atomic E-state index is 13.0. The second kappa shape index (κ2) is 76.8. The topological polar surface area (TPSA) is 231 Å². The molecule has 0 heterocycles. The van der Waals surface area contributed by atoms with Crippen LogP contribution in [0.2, 0.25) is 0 Å². The summed E-state index contributed by atoms with van der Waals surface area (Å²) < 4.78 is 61.1. The van der Waals surface area contributed by atoms with Gasteiger partial charge in [-0.25, -0.2) is 9.13 Å². The molecule has 0 bridgehead atoms. The summed E-state index contributed by atoms with van der Waals surface area (Å²) in [7, 11) is -9.82. The third-order valence-corrected chi connectivity index (χ3v) is 18.1. The fourth-order valence-electron chi connectivity index (χ4n) is 10.2. The number of rotatable bonds is 74. The number of hydrogen-bond donors (Lipinski definition) is 4. The molecule has 0 rings (SSSR count). The maximum absolute atomic E-state index is 13.0. The van der Waals surface area contributed by atoms with Crippen molar-refractivity contribution >= 4 is 33.6 Å². The first-order valence-corrected chi connectivity index (χ1v) is 42.8. The van der Waals surface area contributed by atoms with E-state index in [9.17, 15) is 43.5 Å². The van der Waals surface area contributed by atoms with Gasteiger partial charge in [-0.2, -0.15) is 0 Å². The van der Waals surface area contributed by atoms with Gasteiger partial charge in [0.25, 0.3) is 0 Å². The molecule has 0 saturated carbocycles. The summed E-state index contributed by atoms with van der Waals surface area (Å²) in [4.78, 5) is 58.7. The Hall–Kier alpha value is -4.83. The minimum Gasteiger partial charge on any atom is -0.463 e. The lowest BCUT2D eigenvalue weighted by Crippen LogP contribution is -2.30. The van der Waals surface area contributed by atoms with Crippen LogP contribution in [0, 0.1) is 0 Å². The van der Waals surface area contributed by atoms with Gasteiger partial charge in [0.2, 0.25) is 0 Å². The Morgan fingerprint density at radius 2 is 0.515 bits per heavy atom. The number of carbonyl (C=O) groups is 3. The molecule has 0 saturated heterocycles. The van der Waals surface area contributed by atoms with E-state index in [1.54, 1.807) is 0 Å². The minimum atomic E-state index is -4.95. The Labute approximate surface area is 625 Å². The van der Waals surface area contributed by atoms with E-state index in [-0.39, 0.29) is 19.3 Å². The van der Waals surface area contributed by atoms with Crippen molar-refractivity contribution in [3.05, 3.63) is 158 Å². The van der Waals surface area contributed by atoms with E-state index in [1.165, 1.54) is 89.9 Å². The predicted octanol–water partition coefficient (Wildman–Crippen LogP) is 23.4. The van der Waals surface area contributed by atoms with E-state index in [0.717, 1.165) is 154 Å². The number of aliphatic hydroxyl groups is 2. The van der Waals surface area contributed by atoms with Gasteiger partial charge in [-0.3, -0.25) is 32.5 Å². The Bertz CT molecular complexity index is 2500. The van der Waals surface area contributed by atoms with Gasteiger partial charge in [0.1, 0.15) is 25.4 Å². The minimum absolute atomic E-state index is 0.0746. The smallest absolute Gasteiger partial charge is 0.463 e. The molecule has 4 N–H and O–H groups in total. The molecule has 0 fully saturated rings. The number of unbranched alkanes of at least 4 members (excludes halogenated alkanes) is 25. The average Bonchev–Trinajstić information content (AvgIpc) is 0.936. The van der Waals surface area contributed by atoms with Crippen LogP contribution in [0.3, 0.4) is 0 Å². The number of esters is 3. The second-order valence-corrected chi connectivity index (χ2v) is 29.0. The number of hydrogen-bond acceptors (Lipinski definition) is 14. The highest BCUT2D eigenvalue weighted by atomic mass is 31.2. The van der Waals surface area contributed by atoms with Crippen LogP contribution in [0.25, 0.3) is 0 Å². The largest absolute Gasteiger partial charge is 0.472 e. The van der Waals surface area contributed by atoms with Crippen LogP contribution < -0.4 is 0 Å². The highest BCUT2D eigenvalue weighted by molar-refractivity contribution is 7.47. The molecular weight excluding hydrogens is 1340 g/mol. The van der Waals surface area contributed by atoms with E-state index in [2.05, 4.69) is 179 Å². The molecule has 0 spiro atoms. The molecule has 103 heavy (non-hydrogen) atoms. The van der Waals surface area contributed by atoms with Crippen molar-refractivity contribution in [1.29, 1.82) is 0 Å². The van der Waals surface area contributed by atoms with Crippen molar-refractivity contribution in [1.82, 2.24) is 0 Å². The van der Waals surface area contributed by atoms with Crippen LogP contribution in [0.15, 0.2) is 158 Å². The fraction of sp³-hybridized carbons (Fsp3) is 0.659. The van der Waals surface area contributed by atoms with Gasteiger partial charge < -0.3 is 34.2 Å². The zero-order valence-corrected chi connectivity index (χ0v) is 66.0. The van der Waals surface area contributed by atoms with Gasteiger partial charge in [0, 0.05) is 19.3 Å². The first-order valence-electron chi connectivity index (χ1n) is 39.8. The molecule has 0 amide bonds. The molecule has 5 unspecified atom stereocenters. The Balaban J connectivity index is 4.68. The predicted molar refractivity (Wildman–Crippen MR) is 426 cm³/mol. The lowest BCUT2D eigenvalue weighted by Gasteiger charge is -2.21. The zero-order valence-electron chi connectivity index (χ0n) is 64.2. The van der Waals surface area contributed by atoms with Crippen LogP contribution in [-0.4, -0.2) is 95.9 Å². The van der Waals surface area contributed by atoms with Crippen LogP contribution in [0.4, 0.5) is 0 Å². The highest BCUT2D eigenvalue weighted by Gasteiger charge is 2.29. The lowest BCUT2D eigenvalue weighted by molar-refractivity contribution is -0.161. The zero-order chi connectivity index (χ0) is 75.2. The SMILES string of the molecule is CC/C=C\C/C=C\C/C=C\C/C=C\C/C=C\C/C=C\CCCCC(=O)OCC(COP(=O)(O)OCC(O)COP(=O)(O)OCC(O)COC(=O)CCCCCCCCCCCCC/C=C\C/C=C\C/C=C\C/C=C\CCCCC)OC(=O)CCCCCCCC/C=C\C/C=C\C/C=C\CCCCC. The van der Waals surface area contributed by atoms with E-state index < -0.39 is 91.5 Å². The fourth-order valence-corrected chi connectivity index (χ4v) is 11.7. The van der Waals surface area contributed by atoms with Crippen LogP contribution in [0.1, 0.15) is 303 Å². The number of phosphoric ester groups is 2. The van der Waals surface area contributed by atoms with E-state index >= 15 is 0 Å². The molecule has 0 aromatic heterocycles. The first-order chi connectivity index (χ1) is 50.2. The molecule has 0 aromatic rings. The van der Waals surface area contributed by atoms with Crippen LogP contribution >= 0.6 is 15.6 Å². The quantitative estimate of drug-likeness (QED) is 0.0146. The summed E-state index contributed by atoms with van der Waals surface area (Å²) in [6.45, 7) is 2.44. The Morgan fingerprint density at radius 3 is 0.835 bits per heavy atom. The molecular formula is C85H142O16P2. The van der Waals surface area contributed by atoms with E-state index in [0.29, 0.717) is 19.3 Å². The molecule has 5 atom stereocenters. The summed E-state index contributed by atoms with van der Waals surface area (Å²) in [5.41, 5.74) is 0. The molecule has 0 aliphatic rings. The number of ether oxygens (including phenoxy) is 3. The normalized spacial score (nSPS) is 14.8. The molecule has 0 aromatic carbocycles. The molecule has 0 aliphatic heterocycles. The summed E-state index contributed by atoms with van der Waals surface area (Å²) in [6.07, 6.45) is 95.7. The molecule has 0 aliphatic carbocycles. The molecule has 0 radical (unpaired) electrons. The Morgan fingerprint density at radius 1 is 0.282 bits per heavy atom. The summed E-state index contributed by atoms with van der Waals surface area (Å²) in [6, 6.07) is 0. The number of aliphatic hydroxyl groups excluding tert-OH is 2. The Kier molecular flexibility index (Phi) is 73.2. The van der Waals surface area contributed by atoms with Crippen LogP contribution in [0.5, 0.6) is 0 Å². The second-order valence-electron chi connectivity index (χ2n) is 26.1. The summed E-state index contributed by atoms with van der Waals surface area (Å²) in [5, 5.41) is 20.6. The highest BCUT2D eigenvalue weighted by Crippen LogP contribution is 2.45. The van der Waals surface area contributed by atoms with Gasteiger partial charge in [0.15, 0.2) is 6.10 Å². The van der Waals surface area contributed by atoms with Crippen molar-refractivity contribution in [2.45, 2.75) is 322 Å². The van der Waals surface area contributed by atoms with E-state index in [4.69, 9.17) is 32.3 Å². The van der Waals surface area contributed by atoms with Gasteiger partial charge in [0.05, 0.1) is 26.4 Å². The van der Waals surface area contributed by atoms with Crippen molar-refractivity contribution in [2.75, 3.05) is 39.6 Å². The maximum Gasteiger partial charge on any atom is 0.472 e. The lowest BCUT2D eigenvalue weighted by atomic mass is 10.0.